The van der Waals surface area contributed by atoms with E-state index in [-0.39, 0.29) is 12.5 Å². The molecular weight excluding hydrogens is 486 g/mol. The zero-order valence-corrected chi connectivity index (χ0v) is 21.8. The van der Waals surface area contributed by atoms with E-state index >= 15 is 0 Å². The number of methoxy groups -OCH3 is 1. The number of anilines is 1. The summed E-state index contributed by atoms with van der Waals surface area (Å²) in [7, 11) is 3.35. The summed E-state index contributed by atoms with van der Waals surface area (Å²) in [4.78, 5) is 27.5. The second-order valence-corrected chi connectivity index (χ2v) is 8.98. The number of carbonyl (C=O) groups excluding carboxylic acids is 2. The van der Waals surface area contributed by atoms with Crippen LogP contribution in [0.25, 0.3) is 11.1 Å². The topological polar surface area (TPSA) is 79.9 Å². The van der Waals surface area contributed by atoms with Gasteiger partial charge in [0.1, 0.15) is 6.61 Å². The normalized spacial score (nSPS) is 15.3. The van der Waals surface area contributed by atoms with Crippen molar-refractivity contribution in [2.45, 2.75) is 13.0 Å². The number of thiocarbonyl (C=S) groups is 1. The van der Waals surface area contributed by atoms with Crippen molar-refractivity contribution in [1.82, 2.24) is 10.2 Å². The molecule has 0 saturated heterocycles. The van der Waals surface area contributed by atoms with E-state index in [0.717, 1.165) is 16.7 Å². The minimum absolute atomic E-state index is 0.157. The first kappa shape index (κ1) is 26.1. The van der Waals surface area contributed by atoms with Crippen LogP contribution in [0.5, 0.6) is 0 Å². The molecule has 2 N–H and O–H groups in total. The maximum Gasteiger partial charge on any atom is 0.338 e. The summed E-state index contributed by atoms with van der Waals surface area (Å²) in [6, 6.07) is 24.3. The van der Waals surface area contributed by atoms with Gasteiger partial charge in [-0.25, -0.2) is 4.79 Å². The third kappa shape index (κ3) is 6.04. The molecule has 0 radical (unpaired) electrons. The van der Waals surface area contributed by atoms with E-state index in [1.54, 1.807) is 31.2 Å². The van der Waals surface area contributed by atoms with Crippen LogP contribution in [0.4, 0.5) is 5.69 Å². The van der Waals surface area contributed by atoms with Crippen molar-refractivity contribution in [1.29, 1.82) is 0 Å². The zero-order chi connectivity index (χ0) is 26.4. The molecule has 0 fully saturated rings. The van der Waals surface area contributed by atoms with Crippen LogP contribution in [0.3, 0.4) is 0 Å². The maximum atomic E-state index is 12.9. The minimum Gasteiger partial charge on any atom is -0.460 e. The molecule has 0 saturated carbocycles. The zero-order valence-electron chi connectivity index (χ0n) is 21.0. The highest BCUT2D eigenvalue weighted by molar-refractivity contribution is 7.80. The summed E-state index contributed by atoms with van der Waals surface area (Å²) < 4.78 is 10.4. The number of benzene rings is 3. The van der Waals surface area contributed by atoms with Gasteiger partial charge >= 0.3 is 5.97 Å². The number of ether oxygens (including phenoxy) is 2. The monoisotopic (exact) mass is 515 g/mol. The Balaban J connectivity index is 1.48. The van der Waals surface area contributed by atoms with E-state index in [1.165, 1.54) is 0 Å². The Kier molecular flexibility index (Phi) is 8.32. The highest BCUT2D eigenvalue weighted by Crippen LogP contribution is 2.31. The second-order valence-electron chi connectivity index (χ2n) is 8.59. The number of hydrogen-bond donors (Lipinski definition) is 2. The van der Waals surface area contributed by atoms with Crippen LogP contribution in [-0.4, -0.2) is 49.3 Å². The van der Waals surface area contributed by atoms with E-state index in [9.17, 15) is 9.59 Å². The Hall–Kier alpha value is -4.01. The first-order chi connectivity index (χ1) is 17.9. The van der Waals surface area contributed by atoms with Crippen molar-refractivity contribution in [2.75, 3.05) is 32.7 Å². The second kappa shape index (κ2) is 11.8. The van der Waals surface area contributed by atoms with E-state index in [4.69, 9.17) is 21.7 Å². The molecular formula is C29H29N3O4S. The molecule has 1 aliphatic rings. The lowest BCUT2D eigenvalue weighted by Crippen LogP contribution is -2.46. The Morgan fingerprint density at radius 1 is 0.946 bits per heavy atom. The molecule has 0 aliphatic carbocycles. The molecule has 0 aromatic heterocycles. The van der Waals surface area contributed by atoms with Gasteiger partial charge in [-0.2, -0.15) is 0 Å². The van der Waals surface area contributed by atoms with Gasteiger partial charge in [0.25, 0.3) is 5.91 Å². The summed E-state index contributed by atoms with van der Waals surface area (Å²) >= 11 is 5.46. The van der Waals surface area contributed by atoms with Crippen LogP contribution in [0.15, 0.2) is 90.1 Å². The lowest BCUT2D eigenvalue weighted by molar-refractivity contribution is -0.140. The van der Waals surface area contributed by atoms with Crippen LogP contribution in [0.1, 0.15) is 28.9 Å². The van der Waals surface area contributed by atoms with Gasteiger partial charge in [0.05, 0.1) is 18.2 Å². The summed E-state index contributed by atoms with van der Waals surface area (Å²) in [6.07, 6.45) is 0. The summed E-state index contributed by atoms with van der Waals surface area (Å²) in [6.45, 7) is 2.31. The number of nitrogens with zero attached hydrogens (tertiary/aromatic N) is 1. The number of esters is 1. The molecule has 1 aliphatic heterocycles. The molecule has 4 rings (SSSR count). The van der Waals surface area contributed by atoms with Gasteiger partial charge in [0.15, 0.2) is 5.11 Å². The fourth-order valence-corrected chi connectivity index (χ4v) is 4.31. The van der Waals surface area contributed by atoms with E-state index in [2.05, 4.69) is 10.6 Å². The third-order valence-electron chi connectivity index (χ3n) is 6.25. The highest BCUT2D eigenvalue weighted by atomic mass is 32.1. The number of carbonyl (C=O) groups is 2. The van der Waals surface area contributed by atoms with Gasteiger partial charge < -0.3 is 25.0 Å². The Bertz CT molecular complexity index is 1310. The molecule has 37 heavy (non-hydrogen) atoms. The first-order valence-corrected chi connectivity index (χ1v) is 12.3. The van der Waals surface area contributed by atoms with Gasteiger partial charge in [0, 0.05) is 31.1 Å². The Morgan fingerprint density at radius 2 is 1.59 bits per heavy atom. The molecule has 1 amide bonds. The van der Waals surface area contributed by atoms with Crippen molar-refractivity contribution >= 4 is 34.9 Å². The summed E-state index contributed by atoms with van der Waals surface area (Å²) in [5.41, 5.74) is 5.35. The molecule has 1 heterocycles. The van der Waals surface area contributed by atoms with Gasteiger partial charge in [-0.1, -0.05) is 54.6 Å². The van der Waals surface area contributed by atoms with Crippen LogP contribution in [0, 0.1) is 0 Å². The molecule has 190 valence electrons. The standard InChI is InChI=1S/C29H29N3O4S/c1-19-25(28(34)36-18-17-35-3)26(31-29(37)32(19)2)22-13-15-24(16-14-22)30-27(33)23-11-9-21(10-12-23)20-7-5-4-6-8-20/h4-16,26H,17-18H2,1-3H3,(H,30,33)(H,31,37). The lowest BCUT2D eigenvalue weighted by Gasteiger charge is -2.35. The third-order valence-corrected chi connectivity index (χ3v) is 6.64. The number of allylic oxidation sites excluding steroid dienone is 1. The van der Waals surface area contributed by atoms with E-state index in [1.807, 2.05) is 73.7 Å². The highest BCUT2D eigenvalue weighted by Gasteiger charge is 2.33. The molecule has 3 aromatic carbocycles. The molecule has 0 bridgehead atoms. The van der Waals surface area contributed by atoms with Gasteiger partial charge in [-0.15, -0.1) is 0 Å². The van der Waals surface area contributed by atoms with Crippen LogP contribution in [-0.2, 0) is 14.3 Å². The fourth-order valence-electron chi connectivity index (χ4n) is 4.05. The van der Waals surface area contributed by atoms with Crippen molar-refractivity contribution in [3.05, 3.63) is 101 Å². The Morgan fingerprint density at radius 3 is 2.24 bits per heavy atom. The van der Waals surface area contributed by atoms with Crippen LogP contribution < -0.4 is 10.6 Å². The quantitative estimate of drug-likeness (QED) is 0.250. The van der Waals surface area contributed by atoms with Gasteiger partial charge in [-0.3, -0.25) is 4.79 Å². The number of hydrogen-bond acceptors (Lipinski definition) is 5. The lowest BCUT2D eigenvalue weighted by atomic mass is 9.95. The van der Waals surface area contributed by atoms with Crippen molar-refractivity contribution in [3.63, 3.8) is 0 Å². The average Bonchev–Trinajstić information content (AvgIpc) is 2.92. The number of rotatable bonds is 8. The Labute approximate surface area is 222 Å². The summed E-state index contributed by atoms with van der Waals surface area (Å²) in [5.74, 6) is -0.637. The maximum absolute atomic E-state index is 12.9. The van der Waals surface area contributed by atoms with Gasteiger partial charge in [-0.05, 0) is 60.1 Å². The molecule has 1 atom stereocenters. The molecule has 1 unspecified atom stereocenters. The number of amides is 1. The predicted octanol–water partition coefficient (Wildman–Crippen LogP) is 4.93. The smallest absolute Gasteiger partial charge is 0.338 e. The van der Waals surface area contributed by atoms with Crippen molar-refractivity contribution in [2.24, 2.45) is 0 Å². The fraction of sp³-hybridized carbons (Fsp3) is 0.207. The molecule has 7 nitrogen and oxygen atoms in total. The van der Waals surface area contributed by atoms with E-state index < -0.39 is 12.0 Å². The summed E-state index contributed by atoms with van der Waals surface area (Å²) in [5, 5.41) is 6.66. The van der Waals surface area contributed by atoms with E-state index in [0.29, 0.717) is 34.2 Å². The number of nitrogens with one attached hydrogen (secondary N) is 2. The molecule has 3 aromatic rings. The largest absolute Gasteiger partial charge is 0.460 e. The predicted molar refractivity (Wildman–Crippen MR) is 148 cm³/mol. The van der Waals surface area contributed by atoms with Crippen molar-refractivity contribution < 1.29 is 19.1 Å². The van der Waals surface area contributed by atoms with Gasteiger partial charge in [0.2, 0.25) is 0 Å². The van der Waals surface area contributed by atoms with Crippen LogP contribution >= 0.6 is 12.2 Å². The first-order valence-electron chi connectivity index (χ1n) is 11.9. The van der Waals surface area contributed by atoms with Crippen molar-refractivity contribution in [3.8, 4) is 11.1 Å². The van der Waals surface area contributed by atoms with Crippen LogP contribution in [0.2, 0.25) is 0 Å². The molecule has 0 spiro atoms. The average molecular weight is 516 g/mol. The minimum atomic E-state index is -0.478. The SMILES string of the molecule is COCCOC(=O)C1=C(C)N(C)C(=S)NC1c1ccc(NC(=O)c2ccc(-c3ccccc3)cc2)cc1. The molecule has 8 heteroatoms.